The molecule has 1 aromatic rings. The molecule has 62 valence electrons. The van der Waals surface area contributed by atoms with Gasteiger partial charge in [-0.2, -0.15) is 0 Å². The van der Waals surface area contributed by atoms with E-state index in [1.165, 1.54) is 6.07 Å². The summed E-state index contributed by atoms with van der Waals surface area (Å²) >= 11 is 0. The van der Waals surface area contributed by atoms with Crippen molar-refractivity contribution in [1.82, 2.24) is 0 Å². The highest BCUT2D eigenvalue weighted by molar-refractivity contribution is 5.53. The molecule has 1 aromatic carbocycles. The van der Waals surface area contributed by atoms with Gasteiger partial charge in [0, 0.05) is 10.6 Å². The average molecular weight is 163 g/mol. The third-order valence-electron chi connectivity index (χ3n) is 1.88. The van der Waals surface area contributed by atoms with Gasteiger partial charge in [-0.25, -0.2) is 0 Å². The molecule has 1 rings (SSSR count). The molecule has 0 heterocycles. The third kappa shape index (κ3) is 1.33. The van der Waals surface area contributed by atoms with E-state index in [4.69, 9.17) is 5.53 Å². The molecule has 0 saturated carbocycles. The van der Waals surface area contributed by atoms with E-state index in [-0.39, 0.29) is 5.75 Å². The molecule has 0 fully saturated rings. The van der Waals surface area contributed by atoms with Crippen LogP contribution < -0.4 is 0 Å². The number of phenols is 1. The van der Waals surface area contributed by atoms with Crippen molar-refractivity contribution in [2.75, 3.05) is 0 Å². The van der Waals surface area contributed by atoms with Crippen molar-refractivity contribution in [2.45, 2.75) is 13.8 Å². The fourth-order valence-corrected chi connectivity index (χ4v) is 0.949. The smallest absolute Gasteiger partial charge is 0.118 e. The fourth-order valence-electron chi connectivity index (χ4n) is 0.949. The van der Waals surface area contributed by atoms with E-state index in [2.05, 4.69) is 10.0 Å². The molecular formula is C8H9N3O. The highest BCUT2D eigenvalue weighted by Gasteiger charge is 2.02. The summed E-state index contributed by atoms with van der Waals surface area (Å²) in [4.78, 5) is 2.68. The van der Waals surface area contributed by atoms with Gasteiger partial charge in [-0.15, -0.1) is 0 Å². The summed E-state index contributed by atoms with van der Waals surface area (Å²) in [5, 5.41) is 12.7. The van der Waals surface area contributed by atoms with Crippen LogP contribution in [-0.4, -0.2) is 5.11 Å². The number of hydrogen-bond donors (Lipinski definition) is 1. The van der Waals surface area contributed by atoms with Gasteiger partial charge >= 0.3 is 0 Å². The largest absolute Gasteiger partial charge is 0.508 e. The zero-order valence-corrected chi connectivity index (χ0v) is 6.94. The van der Waals surface area contributed by atoms with Crippen LogP contribution in [-0.2, 0) is 0 Å². The second-order valence-electron chi connectivity index (χ2n) is 2.54. The Morgan fingerprint density at radius 1 is 1.33 bits per heavy atom. The number of aromatic hydroxyl groups is 1. The minimum atomic E-state index is 0.226. The van der Waals surface area contributed by atoms with Crippen molar-refractivity contribution >= 4 is 5.69 Å². The second kappa shape index (κ2) is 3.15. The molecular weight excluding hydrogens is 154 g/mol. The first-order valence-electron chi connectivity index (χ1n) is 3.51. The lowest BCUT2D eigenvalue weighted by Gasteiger charge is -2.04. The van der Waals surface area contributed by atoms with E-state index in [1.807, 2.05) is 0 Å². The molecule has 0 aliphatic heterocycles. The molecule has 1 N–H and O–H groups in total. The molecule has 4 heteroatoms. The minimum Gasteiger partial charge on any atom is -0.508 e. The number of rotatable bonds is 1. The first-order chi connectivity index (χ1) is 5.66. The molecule has 0 aromatic heterocycles. The maximum absolute atomic E-state index is 9.26. The molecule has 12 heavy (non-hydrogen) atoms. The topological polar surface area (TPSA) is 69.0 Å². The van der Waals surface area contributed by atoms with Gasteiger partial charge in [-0.05, 0) is 42.6 Å². The lowest BCUT2D eigenvalue weighted by Crippen LogP contribution is -1.81. The summed E-state index contributed by atoms with van der Waals surface area (Å²) < 4.78 is 0. The Bertz CT molecular complexity index is 354. The highest BCUT2D eigenvalue weighted by atomic mass is 16.3. The van der Waals surface area contributed by atoms with Gasteiger partial charge in [-0.1, -0.05) is 5.11 Å². The van der Waals surface area contributed by atoms with Crippen molar-refractivity contribution in [1.29, 1.82) is 0 Å². The van der Waals surface area contributed by atoms with Crippen molar-refractivity contribution < 1.29 is 5.11 Å². The maximum atomic E-state index is 9.26. The van der Waals surface area contributed by atoms with Crippen molar-refractivity contribution in [2.24, 2.45) is 5.11 Å². The molecule has 0 amide bonds. The number of nitrogens with zero attached hydrogens (tertiary/aromatic N) is 3. The molecule has 0 aliphatic rings. The van der Waals surface area contributed by atoms with Gasteiger partial charge in [0.25, 0.3) is 0 Å². The van der Waals surface area contributed by atoms with E-state index in [1.54, 1.807) is 19.9 Å². The Kier molecular flexibility index (Phi) is 2.21. The van der Waals surface area contributed by atoms with Gasteiger partial charge in [0.1, 0.15) is 5.75 Å². The average Bonchev–Trinajstić information content (AvgIpc) is 2.07. The van der Waals surface area contributed by atoms with Gasteiger partial charge in [0.2, 0.25) is 0 Å². The molecule has 0 spiro atoms. The van der Waals surface area contributed by atoms with Gasteiger partial charge in [-0.3, -0.25) is 0 Å². The third-order valence-corrected chi connectivity index (χ3v) is 1.88. The zero-order chi connectivity index (χ0) is 9.14. The summed E-state index contributed by atoms with van der Waals surface area (Å²) in [6.07, 6.45) is 0. The van der Waals surface area contributed by atoms with Crippen molar-refractivity contribution in [3.8, 4) is 5.75 Å². The fraction of sp³-hybridized carbons (Fsp3) is 0.250. The number of benzene rings is 1. The van der Waals surface area contributed by atoms with Gasteiger partial charge in [0.05, 0.1) is 0 Å². The van der Waals surface area contributed by atoms with Gasteiger partial charge in [0.15, 0.2) is 0 Å². The van der Waals surface area contributed by atoms with Crippen molar-refractivity contribution in [3.63, 3.8) is 0 Å². The molecule has 0 unspecified atom stereocenters. The van der Waals surface area contributed by atoms with Gasteiger partial charge < -0.3 is 5.11 Å². The quantitative estimate of drug-likeness (QED) is 0.386. The Labute approximate surface area is 70.1 Å². The van der Waals surface area contributed by atoms with Crippen LogP contribution in [0.5, 0.6) is 5.75 Å². The predicted octanol–water partition coefficient (Wildman–Crippen LogP) is 2.95. The van der Waals surface area contributed by atoms with Crippen LogP contribution in [0.3, 0.4) is 0 Å². The highest BCUT2D eigenvalue weighted by Crippen LogP contribution is 2.28. The maximum Gasteiger partial charge on any atom is 0.118 e. The zero-order valence-electron chi connectivity index (χ0n) is 6.94. The second-order valence-corrected chi connectivity index (χ2v) is 2.54. The summed E-state index contributed by atoms with van der Waals surface area (Å²) in [7, 11) is 0. The Balaban J connectivity index is 3.35. The van der Waals surface area contributed by atoms with Crippen LogP contribution in [0.4, 0.5) is 5.69 Å². The lowest BCUT2D eigenvalue weighted by atomic mass is 10.1. The van der Waals surface area contributed by atoms with Crippen LogP contribution in [0.2, 0.25) is 0 Å². The van der Waals surface area contributed by atoms with Crippen molar-refractivity contribution in [3.05, 3.63) is 33.7 Å². The van der Waals surface area contributed by atoms with Crippen LogP contribution >= 0.6 is 0 Å². The predicted molar refractivity (Wildman–Crippen MR) is 46.4 cm³/mol. The molecule has 0 aliphatic carbocycles. The van der Waals surface area contributed by atoms with E-state index in [0.717, 1.165) is 11.1 Å². The molecule has 0 radical (unpaired) electrons. The first-order valence-corrected chi connectivity index (χ1v) is 3.51. The molecule has 0 bridgehead atoms. The van der Waals surface area contributed by atoms with Crippen LogP contribution in [0.15, 0.2) is 17.2 Å². The number of azide groups is 1. The number of hydrogen-bond acceptors (Lipinski definition) is 2. The van der Waals surface area contributed by atoms with Crippen LogP contribution in [0.25, 0.3) is 10.4 Å². The Morgan fingerprint density at radius 3 is 2.58 bits per heavy atom. The Hall–Kier alpha value is -1.67. The van der Waals surface area contributed by atoms with Crippen LogP contribution in [0.1, 0.15) is 11.1 Å². The molecule has 0 saturated heterocycles. The standard InChI is InChI=1S/C8H9N3O/c1-5-6(2)8(12)4-3-7(5)10-11-9/h3-4,12H,1-2H3. The summed E-state index contributed by atoms with van der Waals surface area (Å²) in [5.41, 5.74) is 10.3. The summed E-state index contributed by atoms with van der Waals surface area (Å²) in [5.74, 6) is 0.226. The molecule has 4 nitrogen and oxygen atoms in total. The van der Waals surface area contributed by atoms with E-state index in [9.17, 15) is 5.11 Å². The van der Waals surface area contributed by atoms with E-state index < -0.39 is 0 Å². The SMILES string of the molecule is Cc1c(O)ccc(N=[N+]=[N-])c1C. The summed E-state index contributed by atoms with van der Waals surface area (Å²) in [6, 6.07) is 3.11. The summed E-state index contributed by atoms with van der Waals surface area (Å²) in [6.45, 7) is 3.58. The minimum absolute atomic E-state index is 0.226. The Morgan fingerprint density at radius 2 is 2.00 bits per heavy atom. The monoisotopic (exact) mass is 163 g/mol. The normalized spacial score (nSPS) is 9.17. The van der Waals surface area contributed by atoms with Crippen LogP contribution in [0, 0.1) is 13.8 Å². The van der Waals surface area contributed by atoms with E-state index >= 15 is 0 Å². The lowest BCUT2D eigenvalue weighted by molar-refractivity contribution is 0.470. The first kappa shape index (κ1) is 8.43. The molecule has 0 atom stereocenters. The number of phenolic OH excluding ortho intramolecular Hbond substituents is 1. The van der Waals surface area contributed by atoms with E-state index in [0.29, 0.717) is 5.69 Å².